The van der Waals surface area contributed by atoms with Crippen LogP contribution in [0.3, 0.4) is 0 Å². The normalized spacial score (nSPS) is 15.3. The Kier molecular flexibility index (Phi) is 36.6. The first-order chi connectivity index (χ1) is 28.6. The minimum atomic E-state index is -4.88. The van der Waals surface area contributed by atoms with Gasteiger partial charge in [-0.25, -0.2) is 9.13 Å². The molecule has 60 heavy (non-hydrogen) atoms. The number of carbonyl (C=O) groups excluding carboxylic acids is 2. The number of allylic oxidation sites excluding steroid dienone is 10. The van der Waals surface area contributed by atoms with E-state index in [1.165, 1.54) is 38.5 Å². The molecule has 0 aromatic rings. The van der Waals surface area contributed by atoms with Gasteiger partial charge in [-0.3, -0.25) is 23.2 Å². The van der Waals surface area contributed by atoms with E-state index in [2.05, 4.69) is 66.3 Å². The molecule has 0 rings (SSSR count). The van der Waals surface area contributed by atoms with Gasteiger partial charge in [-0.15, -0.1) is 0 Å². The van der Waals surface area contributed by atoms with Crippen LogP contribution in [-0.4, -0.2) is 81.6 Å². The molecule has 0 aliphatic heterocycles. The summed E-state index contributed by atoms with van der Waals surface area (Å²) in [5.74, 6) is -0.462. The number of ether oxygens (including phenoxy) is 2. The van der Waals surface area contributed by atoms with E-state index in [1.54, 1.807) is 24.3 Å². The van der Waals surface area contributed by atoms with E-state index in [1.807, 2.05) is 12.2 Å². The van der Waals surface area contributed by atoms with Crippen LogP contribution in [0.5, 0.6) is 0 Å². The van der Waals surface area contributed by atoms with Gasteiger partial charge < -0.3 is 34.4 Å². The Bertz CT molecular complexity index is 1370. The van der Waals surface area contributed by atoms with Gasteiger partial charge in [-0.1, -0.05) is 158 Å². The van der Waals surface area contributed by atoms with Crippen molar-refractivity contribution in [3.8, 4) is 0 Å². The van der Waals surface area contributed by atoms with Gasteiger partial charge >= 0.3 is 27.6 Å². The lowest BCUT2D eigenvalue weighted by molar-refractivity contribution is -0.161. The number of hydrogen-bond donors (Lipinski definition) is 5. The first kappa shape index (κ1) is 57.5. The molecular formula is C44H76O14P2. The summed E-state index contributed by atoms with van der Waals surface area (Å²) < 4.78 is 47.6. The van der Waals surface area contributed by atoms with E-state index >= 15 is 0 Å². The molecular weight excluding hydrogens is 814 g/mol. The van der Waals surface area contributed by atoms with E-state index < -0.39 is 72.3 Å². The molecule has 0 aromatic heterocycles. The molecule has 5 N–H and O–H groups in total. The highest BCUT2D eigenvalue weighted by Crippen LogP contribution is 2.43. The zero-order chi connectivity index (χ0) is 44.7. The smallest absolute Gasteiger partial charge is 0.462 e. The molecule has 0 saturated carbocycles. The third-order valence-electron chi connectivity index (χ3n) is 8.62. The number of hydrogen-bond acceptors (Lipinski definition) is 11. The van der Waals surface area contributed by atoms with Crippen LogP contribution in [-0.2, 0) is 41.8 Å². The van der Waals surface area contributed by atoms with E-state index in [-0.39, 0.29) is 12.8 Å². The van der Waals surface area contributed by atoms with Gasteiger partial charge in [0.25, 0.3) is 0 Å². The van der Waals surface area contributed by atoms with Crippen molar-refractivity contribution in [1.29, 1.82) is 0 Å². The highest BCUT2D eigenvalue weighted by atomic mass is 31.2. The quantitative estimate of drug-likeness (QED) is 0.0128. The van der Waals surface area contributed by atoms with Gasteiger partial charge in [0.15, 0.2) is 6.10 Å². The first-order valence-electron chi connectivity index (χ1n) is 21.6. The maximum absolute atomic E-state index is 12.6. The van der Waals surface area contributed by atoms with Crippen LogP contribution in [0.1, 0.15) is 143 Å². The number of aliphatic hydroxyl groups excluding tert-OH is 2. The molecule has 0 fully saturated rings. The lowest BCUT2D eigenvalue weighted by atomic mass is 10.0. The van der Waals surface area contributed by atoms with Crippen LogP contribution in [0.25, 0.3) is 0 Å². The molecule has 0 aromatic carbocycles. The van der Waals surface area contributed by atoms with Crippen LogP contribution in [0, 0.1) is 5.92 Å². The van der Waals surface area contributed by atoms with Crippen molar-refractivity contribution in [3.63, 3.8) is 0 Å². The van der Waals surface area contributed by atoms with Crippen molar-refractivity contribution >= 4 is 27.6 Å². The summed E-state index contributed by atoms with van der Waals surface area (Å²) in [6, 6.07) is 0. The Labute approximate surface area is 359 Å². The minimum Gasteiger partial charge on any atom is -0.462 e. The highest BCUT2D eigenvalue weighted by Gasteiger charge is 2.28. The first-order valence-corrected chi connectivity index (χ1v) is 24.6. The van der Waals surface area contributed by atoms with Gasteiger partial charge in [0.1, 0.15) is 12.7 Å². The molecule has 0 heterocycles. The molecule has 0 aliphatic rings. The Morgan fingerprint density at radius 3 is 1.75 bits per heavy atom. The molecule has 16 heteroatoms. The second-order valence-corrected chi connectivity index (χ2v) is 17.6. The second-order valence-electron chi connectivity index (χ2n) is 14.9. The van der Waals surface area contributed by atoms with Gasteiger partial charge in [-0.2, -0.15) is 0 Å². The fourth-order valence-electron chi connectivity index (χ4n) is 5.35. The summed E-state index contributed by atoms with van der Waals surface area (Å²) in [5.41, 5.74) is 0. The summed E-state index contributed by atoms with van der Waals surface area (Å²) in [6.45, 7) is 3.72. The van der Waals surface area contributed by atoms with Crippen molar-refractivity contribution in [2.45, 2.75) is 161 Å². The van der Waals surface area contributed by atoms with Crippen molar-refractivity contribution in [2.75, 3.05) is 26.4 Å². The highest BCUT2D eigenvalue weighted by molar-refractivity contribution is 7.47. The maximum Gasteiger partial charge on any atom is 0.472 e. The molecule has 14 nitrogen and oxygen atoms in total. The molecule has 0 saturated heterocycles. The van der Waals surface area contributed by atoms with Crippen molar-refractivity contribution < 1.29 is 66.7 Å². The predicted octanol–water partition coefficient (Wildman–Crippen LogP) is 9.83. The van der Waals surface area contributed by atoms with Crippen molar-refractivity contribution in [1.82, 2.24) is 0 Å². The summed E-state index contributed by atoms with van der Waals surface area (Å²) in [4.78, 5) is 52.6. The van der Waals surface area contributed by atoms with Crippen LogP contribution < -0.4 is 0 Å². The number of esters is 2. The summed E-state index contributed by atoms with van der Waals surface area (Å²) in [7, 11) is -9.73. The zero-order valence-electron chi connectivity index (χ0n) is 36.3. The SMILES string of the molecule is CC/C=C\C/C=C\C/C=C\C/C=C\C=C/C(O)C/C=C\CCC(=O)OC[C@H](COP(=O)(O)OC[C@@H](O)COP(=O)(O)O)OC(=O)CCCCCCCCCCCCC(C)C. The van der Waals surface area contributed by atoms with Crippen LogP contribution in [0.4, 0.5) is 0 Å². The molecule has 0 spiro atoms. The molecule has 4 atom stereocenters. The standard InChI is InChI=1S/C44H76O14P2/c1-4-5-6-7-8-9-10-11-12-16-19-22-26-31-40(45)32-27-24-29-33-43(47)54-37-42(38-57-60(52,53)56-36-41(46)35-55-59(49,50)51)58-44(48)34-28-23-20-17-14-13-15-18-21-25-30-39(2)3/h5-6,8-9,11-12,19,22,24,26-27,31,39-42,45-46H,4,7,10,13-18,20-21,23,25,28-30,32-38H2,1-3H3,(H,52,53)(H2,49,50,51)/b6-5-,9-8-,12-11-,22-19-,27-24-,31-26-/t40?,41-,42+/m0/s1. The molecule has 346 valence electrons. The van der Waals surface area contributed by atoms with Crippen LogP contribution >= 0.6 is 15.6 Å². The van der Waals surface area contributed by atoms with Gasteiger partial charge in [0.2, 0.25) is 0 Å². The molecule has 0 amide bonds. The third-order valence-corrected chi connectivity index (χ3v) is 10.1. The van der Waals surface area contributed by atoms with Crippen LogP contribution in [0.2, 0.25) is 0 Å². The predicted molar refractivity (Wildman–Crippen MR) is 236 cm³/mol. The molecule has 0 bridgehead atoms. The van der Waals surface area contributed by atoms with Crippen molar-refractivity contribution in [2.24, 2.45) is 5.92 Å². The topological polar surface area (TPSA) is 216 Å². The number of phosphoric ester groups is 2. The summed E-state index contributed by atoms with van der Waals surface area (Å²) in [5, 5.41) is 19.9. The fourth-order valence-corrected chi connectivity index (χ4v) is 6.50. The average molecular weight is 891 g/mol. The van der Waals surface area contributed by atoms with E-state index in [4.69, 9.17) is 23.8 Å². The second kappa shape index (κ2) is 38.2. The Balaban J connectivity index is 4.73. The zero-order valence-corrected chi connectivity index (χ0v) is 38.1. The Morgan fingerprint density at radius 1 is 0.600 bits per heavy atom. The number of aliphatic hydroxyl groups is 2. The van der Waals surface area contributed by atoms with Gasteiger partial charge in [0, 0.05) is 12.8 Å². The van der Waals surface area contributed by atoms with Crippen LogP contribution in [0.15, 0.2) is 72.9 Å². The van der Waals surface area contributed by atoms with Gasteiger partial charge in [0.05, 0.1) is 25.9 Å². The average Bonchev–Trinajstić information content (AvgIpc) is 3.19. The van der Waals surface area contributed by atoms with Gasteiger partial charge in [-0.05, 0) is 50.9 Å². The fraction of sp³-hybridized carbons (Fsp3) is 0.682. The number of phosphoric acid groups is 2. The number of carbonyl (C=O) groups is 2. The monoisotopic (exact) mass is 890 g/mol. The molecule has 0 radical (unpaired) electrons. The third kappa shape index (κ3) is 42.2. The Hall–Kier alpha value is -2.48. The lowest BCUT2D eigenvalue weighted by Gasteiger charge is -2.20. The van der Waals surface area contributed by atoms with E-state index in [9.17, 15) is 33.8 Å². The maximum atomic E-state index is 12.6. The molecule has 2 unspecified atom stereocenters. The summed E-state index contributed by atoms with van der Waals surface area (Å²) >= 11 is 0. The molecule has 0 aliphatic carbocycles. The summed E-state index contributed by atoms with van der Waals surface area (Å²) in [6.07, 6.45) is 36.6. The number of rotatable bonds is 39. The Morgan fingerprint density at radius 2 is 1.15 bits per heavy atom. The largest absolute Gasteiger partial charge is 0.472 e. The lowest BCUT2D eigenvalue weighted by Crippen LogP contribution is -2.29. The number of unbranched alkanes of at least 4 members (excludes halogenated alkanes) is 9. The van der Waals surface area contributed by atoms with E-state index in [0.29, 0.717) is 19.3 Å². The van der Waals surface area contributed by atoms with Crippen molar-refractivity contribution in [3.05, 3.63) is 72.9 Å². The van der Waals surface area contributed by atoms with E-state index in [0.717, 1.165) is 57.3 Å². The minimum absolute atomic E-state index is 0.0137.